The van der Waals surface area contributed by atoms with Gasteiger partial charge in [-0.05, 0) is 18.9 Å². The highest BCUT2D eigenvalue weighted by Crippen LogP contribution is 2.09. The highest BCUT2D eigenvalue weighted by molar-refractivity contribution is 5.96. The molecule has 0 aliphatic carbocycles. The number of likely N-dealkylation sites (N-methyl/N-ethyl adjacent to an activating group) is 1. The summed E-state index contributed by atoms with van der Waals surface area (Å²) >= 11 is 0. The van der Waals surface area contributed by atoms with E-state index in [2.05, 4.69) is 0 Å². The lowest BCUT2D eigenvalue weighted by atomic mass is 10.3. The van der Waals surface area contributed by atoms with Gasteiger partial charge in [-0.15, -0.1) is 0 Å². The maximum absolute atomic E-state index is 11.9. The molecule has 5 nitrogen and oxygen atoms in total. The smallest absolute Gasteiger partial charge is 0.257 e. The average molecular weight is 236 g/mol. The second kappa shape index (κ2) is 5.03. The highest BCUT2D eigenvalue weighted by atomic mass is 16.3. The number of hydrogen-bond acceptors (Lipinski definition) is 3. The van der Waals surface area contributed by atoms with E-state index in [-0.39, 0.29) is 18.4 Å². The predicted molar refractivity (Wildman–Crippen MR) is 61.5 cm³/mol. The topological polar surface area (TPSA) is 53.8 Å². The van der Waals surface area contributed by atoms with E-state index in [1.54, 1.807) is 18.0 Å². The van der Waals surface area contributed by atoms with Gasteiger partial charge in [0.15, 0.2) is 0 Å². The molecule has 1 aliphatic heterocycles. The predicted octanol–water partition coefficient (Wildman–Crippen LogP) is 0.974. The van der Waals surface area contributed by atoms with Crippen molar-refractivity contribution in [2.75, 3.05) is 26.7 Å². The molecule has 0 atom stereocenters. The van der Waals surface area contributed by atoms with E-state index in [0.29, 0.717) is 5.56 Å². The molecule has 0 saturated carbocycles. The van der Waals surface area contributed by atoms with Gasteiger partial charge in [-0.1, -0.05) is 0 Å². The summed E-state index contributed by atoms with van der Waals surface area (Å²) in [6, 6.07) is 1.60. The number of amides is 2. The maximum Gasteiger partial charge on any atom is 0.257 e. The third-order valence-electron chi connectivity index (χ3n) is 2.95. The van der Waals surface area contributed by atoms with Crippen LogP contribution in [0.5, 0.6) is 0 Å². The summed E-state index contributed by atoms with van der Waals surface area (Å²) in [6.07, 6.45) is 4.96. The average Bonchev–Trinajstić information content (AvgIpc) is 3.00. The molecule has 5 heteroatoms. The fourth-order valence-electron chi connectivity index (χ4n) is 1.95. The van der Waals surface area contributed by atoms with Crippen molar-refractivity contribution in [1.29, 1.82) is 0 Å². The molecule has 0 aromatic carbocycles. The number of carbonyl (C=O) groups is 2. The molecular weight excluding hydrogens is 220 g/mol. The van der Waals surface area contributed by atoms with E-state index in [1.165, 1.54) is 17.4 Å². The Morgan fingerprint density at radius 2 is 2.12 bits per heavy atom. The zero-order chi connectivity index (χ0) is 12.3. The zero-order valence-corrected chi connectivity index (χ0v) is 9.89. The van der Waals surface area contributed by atoms with E-state index in [0.717, 1.165) is 25.9 Å². The SMILES string of the molecule is CN(CC(=O)N1CCCC1)C(=O)c1ccoc1. The van der Waals surface area contributed by atoms with Gasteiger partial charge in [-0.25, -0.2) is 0 Å². The summed E-state index contributed by atoms with van der Waals surface area (Å²) in [5.74, 6) is -0.173. The molecule has 17 heavy (non-hydrogen) atoms. The Bertz CT molecular complexity index is 394. The van der Waals surface area contributed by atoms with Crippen LogP contribution in [0.2, 0.25) is 0 Å². The Morgan fingerprint density at radius 3 is 2.71 bits per heavy atom. The van der Waals surface area contributed by atoms with Gasteiger partial charge < -0.3 is 14.2 Å². The quantitative estimate of drug-likeness (QED) is 0.786. The Kier molecular flexibility index (Phi) is 3.46. The molecule has 1 aliphatic rings. The monoisotopic (exact) mass is 236 g/mol. The van der Waals surface area contributed by atoms with Crippen LogP contribution in [0.25, 0.3) is 0 Å². The van der Waals surface area contributed by atoms with Crippen molar-refractivity contribution in [1.82, 2.24) is 9.80 Å². The van der Waals surface area contributed by atoms with E-state index in [1.807, 2.05) is 0 Å². The summed E-state index contributed by atoms with van der Waals surface area (Å²) in [7, 11) is 1.63. The Hall–Kier alpha value is -1.78. The summed E-state index contributed by atoms with van der Waals surface area (Å²) in [5.41, 5.74) is 0.474. The molecule has 92 valence electrons. The largest absolute Gasteiger partial charge is 0.472 e. The van der Waals surface area contributed by atoms with Crippen LogP contribution in [-0.4, -0.2) is 48.3 Å². The number of furan rings is 1. The minimum absolute atomic E-state index is 0.0156. The molecule has 0 spiro atoms. The van der Waals surface area contributed by atoms with Crippen LogP contribution >= 0.6 is 0 Å². The Balaban J connectivity index is 1.90. The lowest BCUT2D eigenvalue weighted by molar-refractivity contribution is -0.130. The van der Waals surface area contributed by atoms with Crippen molar-refractivity contribution in [3.05, 3.63) is 24.2 Å². The lowest BCUT2D eigenvalue weighted by Gasteiger charge is -2.20. The summed E-state index contributed by atoms with van der Waals surface area (Å²) in [4.78, 5) is 26.9. The molecule has 0 N–H and O–H groups in total. The van der Waals surface area contributed by atoms with Crippen LogP contribution < -0.4 is 0 Å². The molecular formula is C12H16N2O3. The molecule has 1 aromatic rings. The van der Waals surface area contributed by atoms with Crippen LogP contribution in [0, 0.1) is 0 Å². The van der Waals surface area contributed by atoms with Crippen molar-refractivity contribution >= 4 is 11.8 Å². The molecule has 1 saturated heterocycles. The molecule has 2 heterocycles. The van der Waals surface area contributed by atoms with Crippen molar-refractivity contribution in [2.45, 2.75) is 12.8 Å². The third kappa shape index (κ3) is 2.67. The van der Waals surface area contributed by atoms with Gasteiger partial charge in [-0.2, -0.15) is 0 Å². The summed E-state index contributed by atoms with van der Waals surface area (Å²) < 4.78 is 4.85. The van der Waals surface area contributed by atoms with E-state index < -0.39 is 0 Å². The maximum atomic E-state index is 11.9. The van der Waals surface area contributed by atoms with Gasteiger partial charge in [0.05, 0.1) is 18.4 Å². The number of nitrogens with zero attached hydrogens (tertiary/aromatic N) is 2. The van der Waals surface area contributed by atoms with Crippen LogP contribution in [-0.2, 0) is 4.79 Å². The second-order valence-corrected chi connectivity index (χ2v) is 4.26. The lowest BCUT2D eigenvalue weighted by Crippen LogP contribution is -2.39. The number of likely N-dealkylation sites (tertiary alicyclic amines) is 1. The van der Waals surface area contributed by atoms with Crippen molar-refractivity contribution < 1.29 is 14.0 Å². The molecule has 0 unspecified atom stereocenters. The Morgan fingerprint density at radius 1 is 1.41 bits per heavy atom. The van der Waals surface area contributed by atoms with Crippen LogP contribution in [0.15, 0.2) is 23.0 Å². The van der Waals surface area contributed by atoms with Crippen molar-refractivity contribution in [3.63, 3.8) is 0 Å². The molecule has 0 bridgehead atoms. The zero-order valence-electron chi connectivity index (χ0n) is 9.89. The first-order chi connectivity index (χ1) is 8.18. The third-order valence-corrected chi connectivity index (χ3v) is 2.95. The standard InChI is InChI=1S/C12H16N2O3/c1-13(12(16)10-4-7-17-9-10)8-11(15)14-5-2-3-6-14/h4,7,9H,2-3,5-6,8H2,1H3. The molecule has 0 radical (unpaired) electrons. The van der Waals surface area contributed by atoms with Crippen LogP contribution in [0.3, 0.4) is 0 Å². The molecule has 2 rings (SSSR count). The normalized spacial score (nSPS) is 15.0. The molecule has 1 fully saturated rings. The van der Waals surface area contributed by atoms with Crippen molar-refractivity contribution in [2.24, 2.45) is 0 Å². The first kappa shape index (κ1) is 11.7. The number of rotatable bonds is 3. The van der Waals surface area contributed by atoms with Gasteiger partial charge in [-0.3, -0.25) is 9.59 Å². The van der Waals surface area contributed by atoms with Gasteiger partial charge in [0.2, 0.25) is 5.91 Å². The van der Waals surface area contributed by atoms with Gasteiger partial charge in [0.1, 0.15) is 6.26 Å². The van der Waals surface area contributed by atoms with E-state index in [4.69, 9.17) is 4.42 Å². The molecule has 2 amide bonds. The van der Waals surface area contributed by atoms with Gasteiger partial charge >= 0.3 is 0 Å². The first-order valence-corrected chi connectivity index (χ1v) is 5.74. The second-order valence-electron chi connectivity index (χ2n) is 4.26. The van der Waals surface area contributed by atoms with Gasteiger partial charge in [0.25, 0.3) is 5.91 Å². The number of carbonyl (C=O) groups excluding carboxylic acids is 2. The van der Waals surface area contributed by atoms with Gasteiger partial charge in [0, 0.05) is 20.1 Å². The van der Waals surface area contributed by atoms with E-state index in [9.17, 15) is 9.59 Å². The minimum Gasteiger partial charge on any atom is -0.472 e. The van der Waals surface area contributed by atoms with Crippen LogP contribution in [0.1, 0.15) is 23.2 Å². The highest BCUT2D eigenvalue weighted by Gasteiger charge is 2.21. The molecule has 1 aromatic heterocycles. The number of hydrogen-bond donors (Lipinski definition) is 0. The van der Waals surface area contributed by atoms with E-state index >= 15 is 0 Å². The van der Waals surface area contributed by atoms with Crippen molar-refractivity contribution in [3.8, 4) is 0 Å². The fourth-order valence-corrected chi connectivity index (χ4v) is 1.95. The minimum atomic E-state index is -0.189. The summed E-state index contributed by atoms with van der Waals surface area (Å²) in [6.45, 7) is 1.75. The fraction of sp³-hybridized carbons (Fsp3) is 0.500. The van der Waals surface area contributed by atoms with Crippen LogP contribution in [0.4, 0.5) is 0 Å². The Labute approximate surface area is 100.0 Å². The summed E-state index contributed by atoms with van der Waals surface area (Å²) in [5, 5.41) is 0. The first-order valence-electron chi connectivity index (χ1n) is 5.74.